The van der Waals surface area contributed by atoms with Crippen molar-refractivity contribution in [1.29, 1.82) is 0 Å². The van der Waals surface area contributed by atoms with Crippen LogP contribution < -0.4 is 5.32 Å². The molecule has 1 N–H and O–H groups in total. The van der Waals surface area contributed by atoms with E-state index < -0.39 is 37.1 Å². The Kier molecular flexibility index (Phi) is 15.0. The number of amides is 1. The molecule has 0 aliphatic rings. The van der Waals surface area contributed by atoms with Crippen LogP contribution in [-0.4, -0.2) is 36.4 Å². The van der Waals surface area contributed by atoms with Crippen molar-refractivity contribution < 1.29 is 42.2 Å². The van der Waals surface area contributed by atoms with Crippen LogP contribution in [-0.2, 0) is 63.7 Å². The lowest BCUT2D eigenvalue weighted by atomic mass is 10.1. The molecule has 11 heteroatoms. The van der Waals surface area contributed by atoms with Crippen LogP contribution in [0.15, 0.2) is 115 Å². The number of rotatable bonds is 18. The molecule has 0 aromatic heterocycles. The number of benzene rings is 4. The van der Waals surface area contributed by atoms with Gasteiger partial charge in [0.15, 0.2) is 0 Å². The fraction of sp³-hybridized carbons (Fsp3) is 0.325. The third-order valence-electron chi connectivity index (χ3n) is 7.49. The first-order chi connectivity index (χ1) is 24.5. The second-order valence-corrected chi connectivity index (χ2v) is 15.0. The van der Waals surface area contributed by atoms with E-state index in [0.717, 1.165) is 22.3 Å². The van der Waals surface area contributed by atoms with Gasteiger partial charge in [-0.3, -0.25) is 19.5 Å². The first kappa shape index (κ1) is 39.0. The molecule has 0 heterocycles. The molecule has 4 aromatic carbocycles. The third kappa shape index (κ3) is 14.9. The standard InChI is InChI=1S/C40H46NO9P/c1-40(2,3)50-39(44)41-36-22-19-31(20-23-36)25-26-48-51(45,49-29-34-17-11-6-12-18-34)30-35(38(43)47-28-33-15-9-5-10-16-33)21-24-37(42)46-27-32-13-7-4-8-14-32/h4-20,22-23,35H,21,24-30H2,1-3H3,(H,41,44)/t35-,51?/m1/s1. The lowest BCUT2D eigenvalue weighted by Gasteiger charge is -2.23. The molecule has 0 aliphatic carbocycles. The van der Waals surface area contributed by atoms with E-state index in [0.29, 0.717) is 12.1 Å². The molecule has 1 unspecified atom stereocenters. The van der Waals surface area contributed by atoms with E-state index in [1.54, 1.807) is 32.9 Å². The quantitative estimate of drug-likeness (QED) is 0.0611. The van der Waals surface area contributed by atoms with Gasteiger partial charge in [-0.1, -0.05) is 103 Å². The van der Waals surface area contributed by atoms with Gasteiger partial charge in [0.1, 0.15) is 18.8 Å². The van der Waals surface area contributed by atoms with Crippen molar-refractivity contribution in [2.24, 2.45) is 5.92 Å². The average molecular weight is 716 g/mol. The Balaban J connectivity index is 1.43. The van der Waals surface area contributed by atoms with E-state index in [2.05, 4.69) is 5.32 Å². The summed E-state index contributed by atoms with van der Waals surface area (Å²) in [5, 5.41) is 2.69. The summed E-state index contributed by atoms with van der Waals surface area (Å²) in [6, 6.07) is 34.8. The van der Waals surface area contributed by atoms with Gasteiger partial charge in [-0.15, -0.1) is 0 Å². The maximum atomic E-state index is 14.4. The summed E-state index contributed by atoms with van der Waals surface area (Å²) in [7, 11) is -3.93. The Morgan fingerprint density at radius 3 is 1.75 bits per heavy atom. The molecule has 51 heavy (non-hydrogen) atoms. The summed E-state index contributed by atoms with van der Waals surface area (Å²) in [6.07, 6.45) is -0.551. The van der Waals surface area contributed by atoms with Crippen LogP contribution in [0.25, 0.3) is 0 Å². The summed E-state index contributed by atoms with van der Waals surface area (Å²) < 4.78 is 42.7. The van der Waals surface area contributed by atoms with Crippen LogP contribution in [0.5, 0.6) is 0 Å². The molecule has 1 amide bonds. The predicted molar refractivity (Wildman–Crippen MR) is 195 cm³/mol. The van der Waals surface area contributed by atoms with Crippen LogP contribution >= 0.6 is 7.60 Å². The molecule has 0 bridgehead atoms. The van der Waals surface area contributed by atoms with Crippen molar-refractivity contribution in [3.8, 4) is 0 Å². The van der Waals surface area contributed by atoms with Crippen LogP contribution in [0, 0.1) is 5.92 Å². The minimum atomic E-state index is -3.93. The maximum Gasteiger partial charge on any atom is 0.412 e. The normalized spacial score (nSPS) is 13.0. The number of anilines is 1. The van der Waals surface area contributed by atoms with Gasteiger partial charge in [0, 0.05) is 12.1 Å². The summed E-state index contributed by atoms with van der Waals surface area (Å²) in [5.41, 5.74) is 3.21. The van der Waals surface area contributed by atoms with Crippen molar-refractivity contribution in [3.05, 3.63) is 138 Å². The molecule has 10 nitrogen and oxygen atoms in total. The van der Waals surface area contributed by atoms with Crippen LogP contribution in [0.1, 0.15) is 55.9 Å². The zero-order valence-electron chi connectivity index (χ0n) is 29.3. The molecular weight excluding hydrogens is 669 g/mol. The van der Waals surface area contributed by atoms with Gasteiger partial charge in [-0.05, 0) is 68.0 Å². The highest BCUT2D eigenvalue weighted by atomic mass is 31.2. The molecule has 2 atom stereocenters. The minimum absolute atomic E-state index is 0.00590. The van der Waals surface area contributed by atoms with E-state index in [1.165, 1.54) is 0 Å². The van der Waals surface area contributed by atoms with Gasteiger partial charge >= 0.3 is 25.6 Å². The zero-order chi connectivity index (χ0) is 36.5. The highest BCUT2D eigenvalue weighted by molar-refractivity contribution is 7.53. The molecule has 270 valence electrons. The van der Waals surface area contributed by atoms with Gasteiger partial charge in [0.2, 0.25) is 0 Å². The van der Waals surface area contributed by atoms with E-state index in [9.17, 15) is 18.9 Å². The Labute approximate surface area is 300 Å². The Bertz CT molecular complexity index is 1710. The Morgan fingerprint density at radius 2 is 1.20 bits per heavy atom. The zero-order valence-corrected chi connectivity index (χ0v) is 30.2. The molecular formula is C40H46NO9P. The lowest BCUT2D eigenvalue weighted by Crippen LogP contribution is -2.27. The van der Waals surface area contributed by atoms with E-state index in [1.807, 2.05) is 103 Å². The highest BCUT2D eigenvalue weighted by Crippen LogP contribution is 2.51. The van der Waals surface area contributed by atoms with Gasteiger partial charge in [0.25, 0.3) is 0 Å². The number of ether oxygens (including phenoxy) is 3. The second-order valence-electron chi connectivity index (χ2n) is 12.9. The van der Waals surface area contributed by atoms with Gasteiger partial charge < -0.3 is 23.3 Å². The molecule has 4 rings (SSSR count). The number of hydrogen-bond acceptors (Lipinski definition) is 9. The van der Waals surface area contributed by atoms with Crippen molar-refractivity contribution in [3.63, 3.8) is 0 Å². The fourth-order valence-electron chi connectivity index (χ4n) is 4.87. The lowest BCUT2D eigenvalue weighted by molar-refractivity contribution is -0.150. The Morgan fingerprint density at radius 1 is 0.667 bits per heavy atom. The van der Waals surface area contributed by atoms with E-state index in [-0.39, 0.29) is 45.4 Å². The number of carbonyl (C=O) groups excluding carboxylic acids is 3. The first-order valence-electron chi connectivity index (χ1n) is 16.9. The number of carbonyl (C=O) groups is 3. The van der Waals surface area contributed by atoms with Crippen LogP contribution in [0.3, 0.4) is 0 Å². The molecule has 0 saturated carbocycles. The minimum Gasteiger partial charge on any atom is -0.461 e. The number of hydrogen-bond donors (Lipinski definition) is 1. The van der Waals surface area contributed by atoms with Gasteiger partial charge in [0.05, 0.1) is 25.3 Å². The summed E-state index contributed by atoms with van der Waals surface area (Å²) in [4.78, 5) is 38.4. The van der Waals surface area contributed by atoms with Gasteiger partial charge in [-0.25, -0.2) is 4.79 Å². The van der Waals surface area contributed by atoms with Gasteiger partial charge in [-0.2, -0.15) is 0 Å². The Hall–Kier alpha value is -4.76. The molecule has 4 aromatic rings. The SMILES string of the molecule is CC(C)(C)OC(=O)Nc1ccc(CCOP(=O)(C[C@@H](CCC(=O)OCc2ccccc2)C(=O)OCc2ccccc2)OCc2ccccc2)cc1. The van der Waals surface area contributed by atoms with Crippen LogP contribution in [0.2, 0.25) is 0 Å². The first-order valence-corrected chi connectivity index (χ1v) is 18.6. The van der Waals surface area contributed by atoms with Crippen LogP contribution in [0.4, 0.5) is 10.5 Å². The van der Waals surface area contributed by atoms with Crippen molar-refractivity contribution >= 4 is 31.3 Å². The van der Waals surface area contributed by atoms with E-state index >= 15 is 0 Å². The average Bonchev–Trinajstić information content (AvgIpc) is 3.12. The third-order valence-corrected chi connectivity index (χ3v) is 9.48. The smallest absolute Gasteiger partial charge is 0.412 e. The summed E-state index contributed by atoms with van der Waals surface area (Å²) in [5.74, 6) is -2.09. The van der Waals surface area contributed by atoms with Crippen molar-refractivity contribution in [2.45, 2.75) is 65.5 Å². The fourth-order valence-corrected chi connectivity index (χ4v) is 6.74. The van der Waals surface area contributed by atoms with E-state index in [4.69, 9.17) is 23.3 Å². The second kappa shape index (κ2) is 19.6. The van der Waals surface area contributed by atoms with Crippen molar-refractivity contribution in [2.75, 3.05) is 18.1 Å². The molecule has 0 fully saturated rings. The predicted octanol–water partition coefficient (Wildman–Crippen LogP) is 8.89. The largest absolute Gasteiger partial charge is 0.461 e. The summed E-state index contributed by atoms with van der Waals surface area (Å²) >= 11 is 0. The number of nitrogens with one attached hydrogen (secondary N) is 1. The number of esters is 2. The topological polar surface area (TPSA) is 126 Å². The molecule has 0 saturated heterocycles. The maximum absolute atomic E-state index is 14.4. The highest BCUT2D eigenvalue weighted by Gasteiger charge is 2.34. The molecule has 0 spiro atoms. The monoisotopic (exact) mass is 715 g/mol. The molecule has 0 aliphatic heterocycles. The van der Waals surface area contributed by atoms with Crippen molar-refractivity contribution in [1.82, 2.24) is 0 Å². The molecule has 0 radical (unpaired) electrons. The summed E-state index contributed by atoms with van der Waals surface area (Å²) in [6.45, 7) is 5.49.